The van der Waals surface area contributed by atoms with Crippen molar-refractivity contribution in [2.45, 2.75) is 31.9 Å². The first-order valence-corrected chi connectivity index (χ1v) is 5.12. The van der Waals surface area contributed by atoms with Crippen LogP contribution in [0.1, 0.15) is 19.8 Å². The lowest BCUT2D eigenvalue weighted by Crippen LogP contribution is -2.40. The summed E-state index contributed by atoms with van der Waals surface area (Å²) in [5, 5.41) is 0. The Morgan fingerprint density at radius 1 is 1.54 bits per heavy atom. The summed E-state index contributed by atoms with van der Waals surface area (Å²) in [6.45, 7) is 3.85. The predicted molar refractivity (Wildman–Crippen MR) is 54.7 cm³/mol. The van der Waals surface area contributed by atoms with Crippen LogP contribution in [0.2, 0.25) is 0 Å². The Bertz CT molecular complexity index is 144. The monoisotopic (exact) mass is 186 g/mol. The smallest absolute Gasteiger partial charge is 0.0820 e. The predicted octanol–water partition coefficient (Wildman–Crippen LogP) is 0.690. The average Bonchev–Trinajstić information content (AvgIpc) is 2.95. The quantitative estimate of drug-likeness (QED) is 0.663. The number of hydrogen-bond acceptors (Lipinski definition) is 3. The lowest BCUT2D eigenvalue weighted by atomic mass is 10.2. The van der Waals surface area contributed by atoms with Gasteiger partial charge in [-0.05, 0) is 32.7 Å². The Morgan fingerprint density at radius 2 is 2.15 bits per heavy atom. The van der Waals surface area contributed by atoms with E-state index in [0.29, 0.717) is 12.6 Å². The van der Waals surface area contributed by atoms with Gasteiger partial charge in [-0.3, -0.25) is 0 Å². The minimum Gasteiger partial charge on any atom is -0.379 e. The van der Waals surface area contributed by atoms with E-state index in [1.54, 1.807) is 7.11 Å². The normalized spacial score (nSPS) is 21.9. The number of ether oxygens (including phenoxy) is 1. The van der Waals surface area contributed by atoms with Crippen molar-refractivity contribution in [1.82, 2.24) is 4.90 Å². The zero-order valence-electron chi connectivity index (χ0n) is 8.99. The third-order valence-corrected chi connectivity index (χ3v) is 3.09. The lowest BCUT2D eigenvalue weighted by molar-refractivity contribution is 0.0639. The van der Waals surface area contributed by atoms with Gasteiger partial charge in [0.2, 0.25) is 0 Å². The van der Waals surface area contributed by atoms with Gasteiger partial charge in [0.25, 0.3) is 0 Å². The molecule has 0 radical (unpaired) electrons. The summed E-state index contributed by atoms with van der Waals surface area (Å²) >= 11 is 0. The van der Waals surface area contributed by atoms with Gasteiger partial charge in [0, 0.05) is 26.2 Å². The molecule has 2 N–H and O–H groups in total. The number of rotatable bonds is 6. The maximum atomic E-state index is 5.57. The fraction of sp³-hybridized carbons (Fsp3) is 1.00. The highest BCUT2D eigenvalue weighted by atomic mass is 16.5. The van der Waals surface area contributed by atoms with E-state index in [1.807, 2.05) is 0 Å². The SMILES string of the molecule is COC(CN)CN(C)C(C)C1CC1. The molecule has 0 aromatic heterocycles. The van der Waals surface area contributed by atoms with Gasteiger partial charge < -0.3 is 15.4 Å². The molecular formula is C10H22N2O. The van der Waals surface area contributed by atoms with E-state index >= 15 is 0 Å². The first-order valence-electron chi connectivity index (χ1n) is 5.12. The molecule has 0 heterocycles. The molecule has 2 unspecified atom stereocenters. The van der Waals surface area contributed by atoms with E-state index in [2.05, 4.69) is 18.9 Å². The van der Waals surface area contributed by atoms with Crippen molar-refractivity contribution in [3.8, 4) is 0 Å². The minimum atomic E-state index is 0.186. The van der Waals surface area contributed by atoms with Crippen LogP contribution in [0, 0.1) is 5.92 Å². The molecule has 2 atom stereocenters. The molecule has 78 valence electrons. The molecule has 0 aliphatic heterocycles. The molecule has 0 spiro atoms. The lowest BCUT2D eigenvalue weighted by Gasteiger charge is -2.27. The van der Waals surface area contributed by atoms with Gasteiger partial charge in [-0.1, -0.05) is 0 Å². The van der Waals surface area contributed by atoms with Crippen molar-refractivity contribution in [3.05, 3.63) is 0 Å². The first-order chi connectivity index (χ1) is 6.19. The molecule has 1 saturated carbocycles. The van der Waals surface area contributed by atoms with Crippen LogP contribution < -0.4 is 5.73 Å². The van der Waals surface area contributed by atoms with Crippen LogP contribution in [0.4, 0.5) is 0 Å². The van der Waals surface area contributed by atoms with Crippen LogP contribution in [0.3, 0.4) is 0 Å². The van der Waals surface area contributed by atoms with Crippen LogP contribution >= 0.6 is 0 Å². The molecule has 1 fully saturated rings. The summed E-state index contributed by atoms with van der Waals surface area (Å²) < 4.78 is 5.25. The van der Waals surface area contributed by atoms with Crippen molar-refractivity contribution in [3.63, 3.8) is 0 Å². The molecule has 3 heteroatoms. The second kappa shape index (κ2) is 4.94. The van der Waals surface area contributed by atoms with Crippen molar-refractivity contribution in [1.29, 1.82) is 0 Å². The highest BCUT2D eigenvalue weighted by Crippen LogP contribution is 2.34. The number of nitrogens with two attached hydrogens (primary N) is 1. The number of nitrogens with zero attached hydrogens (tertiary/aromatic N) is 1. The van der Waals surface area contributed by atoms with E-state index in [4.69, 9.17) is 10.5 Å². The highest BCUT2D eigenvalue weighted by molar-refractivity contribution is 4.84. The molecule has 3 nitrogen and oxygen atoms in total. The van der Waals surface area contributed by atoms with Crippen LogP contribution in [0.25, 0.3) is 0 Å². The number of likely N-dealkylation sites (N-methyl/N-ethyl adjacent to an activating group) is 1. The Hall–Kier alpha value is -0.120. The van der Waals surface area contributed by atoms with Gasteiger partial charge >= 0.3 is 0 Å². The second-order valence-corrected chi connectivity index (χ2v) is 4.11. The Balaban J connectivity index is 2.25. The molecular weight excluding hydrogens is 164 g/mol. The molecule has 0 saturated heterocycles. The first kappa shape index (κ1) is 11.0. The summed E-state index contributed by atoms with van der Waals surface area (Å²) in [5.41, 5.74) is 5.57. The van der Waals surface area contributed by atoms with Gasteiger partial charge in [-0.15, -0.1) is 0 Å². The van der Waals surface area contributed by atoms with E-state index in [-0.39, 0.29) is 6.10 Å². The van der Waals surface area contributed by atoms with E-state index < -0.39 is 0 Å². The summed E-state index contributed by atoms with van der Waals surface area (Å²) in [6.07, 6.45) is 2.98. The zero-order chi connectivity index (χ0) is 9.84. The van der Waals surface area contributed by atoms with E-state index in [1.165, 1.54) is 12.8 Å². The fourth-order valence-electron chi connectivity index (χ4n) is 1.67. The minimum absolute atomic E-state index is 0.186. The molecule has 0 bridgehead atoms. The molecule has 1 rings (SSSR count). The topological polar surface area (TPSA) is 38.5 Å². The van der Waals surface area contributed by atoms with Crippen molar-refractivity contribution >= 4 is 0 Å². The van der Waals surface area contributed by atoms with Gasteiger partial charge in [-0.25, -0.2) is 0 Å². The largest absolute Gasteiger partial charge is 0.379 e. The number of methoxy groups -OCH3 is 1. The fourth-order valence-corrected chi connectivity index (χ4v) is 1.67. The van der Waals surface area contributed by atoms with Gasteiger partial charge in [0.1, 0.15) is 0 Å². The second-order valence-electron chi connectivity index (χ2n) is 4.11. The van der Waals surface area contributed by atoms with Crippen LogP contribution in [0.15, 0.2) is 0 Å². The average molecular weight is 186 g/mol. The Morgan fingerprint density at radius 3 is 2.54 bits per heavy atom. The molecule has 1 aliphatic rings. The van der Waals surface area contributed by atoms with E-state index in [9.17, 15) is 0 Å². The Labute approximate surface area is 81.2 Å². The summed E-state index contributed by atoms with van der Waals surface area (Å²) in [7, 11) is 3.89. The van der Waals surface area contributed by atoms with E-state index in [0.717, 1.165) is 12.5 Å². The Kier molecular flexibility index (Phi) is 4.16. The maximum absolute atomic E-state index is 5.57. The molecule has 0 aromatic rings. The summed E-state index contributed by atoms with van der Waals surface area (Å²) in [5.74, 6) is 0.917. The third-order valence-electron chi connectivity index (χ3n) is 3.09. The highest BCUT2D eigenvalue weighted by Gasteiger charge is 2.30. The summed E-state index contributed by atoms with van der Waals surface area (Å²) in [4.78, 5) is 2.36. The van der Waals surface area contributed by atoms with Gasteiger partial charge in [0.15, 0.2) is 0 Å². The zero-order valence-corrected chi connectivity index (χ0v) is 8.99. The van der Waals surface area contributed by atoms with Crippen LogP contribution in [-0.2, 0) is 4.74 Å². The van der Waals surface area contributed by atoms with Gasteiger partial charge in [-0.2, -0.15) is 0 Å². The van der Waals surface area contributed by atoms with Gasteiger partial charge in [0.05, 0.1) is 6.10 Å². The summed E-state index contributed by atoms with van der Waals surface area (Å²) in [6, 6.07) is 0.684. The molecule has 13 heavy (non-hydrogen) atoms. The van der Waals surface area contributed by atoms with Crippen molar-refractivity contribution in [2.24, 2.45) is 11.7 Å². The maximum Gasteiger partial charge on any atom is 0.0820 e. The molecule has 0 aromatic carbocycles. The molecule has 0 amide bonds. The van der Waals surface area contributed by atoms with Crippen LogP contribution in [-0.4, -0.2) is 44.3 Å². The standard InChI is InChI=1S/C10H22N2O/c1-8(9-4-5-9)12(2)7-10(6-11)13-3/h8-10H,4-7,11H2,1-3H3. The van der Waals surface area contributed by atoms with Crippen LogP contribution in [0.5, 0.6) is 0 Å². The third kappa shape index (κ3) is 3.25. The van der Waals surface area contributed by atoms with Crippen molar-refractivity contribution < 1.29 is 4.74 Å². The molecule has 1 aliphatic carbocycles. The van der Waals surface area contributed by atoms with Crippen molar-refractivity contribution in [2.75, 3.05) is 27.2 Å². The number of hydrogen-bond donors (Lipinski definition) is 1.